The first-order valence-electron chi connectivity index (χ1n) is 9.83. The number of hydrogen-bond acceptors (Lipinski definition) is 7. The highest BCUT2D eigenvalue weighted by Gasteiger charge is 2.29. The highest BCUT2D eigenvalue weighted by Crippen LogP contribution is 2.33. The van der Waals surface area contributed by atoms with E-state index in [-0.39, 0.29) is 11.8 Å². The van der Waals surface area contributed by atoms with E-state index in [1.807, 2.05) is 63.2 Å². The third-order valence-electron chi connectivity index (χ3n) is 4.75. The Hall–Kier alpha value is -3.07. The number of benzene rings is 1. The summed E-state index contributed by atoms with van der Waals surface area (Å²) >= 11 is 1.47. The van der Waals surface area contributed by atoms with Gasteiger partial charge in [-0.05, 0) is 62.7 Å². The average molecular weight is 424 g/mol. The lowest BCUT2D eigenvalue weighted by Crippen LogP contribution is -2.15. The molecule has 2 aromatic heterocycles. The van der Waals surface area contributed by atoms with Crippen molar-refractivity contribution in [3.05, 3.63) is 41.6 Å². The molecule has 0 bridgehead atoms. The van der Waals surface area contributed by atoms with Gasteiger partial charge in [0.1, 0.15) is 11.6 Å². The summed E-state index contributed by atoms with van der Waals surface area (Å²) in [4.78, 5) is 24.3. The second-order valence-electron chi connectivity index (χ2n) is 7.65. The van der Waals surface area contributed by atoms with Crippen molar-refractivity contribution in [2.24, 2.45) is 5.92 Å². The molecule has 0 spiro atoms. The van der Waals surface area contributed by atoms with E-state index in [9.17, 15) is 4.79 Å². The molecule has 0 aliphatic heterocycles. The fourth-order valence-corrected chi connectivity index (χ4v) is 3.74. The van der Waals surface area contributed by atoms with Crippen LogP contribution >= 0.6 is 11.8 Å². The van der Waals surface area contributed by atoms with Gasteiger partial charge in [0, 0.05) is 47.9 Å². The van der Waals surface area contributed by atoms with Gasteiger partial charge in [-0.1, -0.05) is 0 Å². The topological polar surface area (TPSA) is 98.8 Å². The number of aromatic nitrogens is 4. The number of nitrogens with one attached hydrogen (secondary N) is 3. The maximum Gasteiger partial charge on any atom is 0.227 e. The summed E-state index contributed by atoms with van der Waals surface area (Å²) in [6, 6.07) is 9.69. The summed E-state index contributed by atoms with van der Waals surface area (Å²) in [5.41, 5.74) is 2.73. The normalized spacial score (nSPS) is 13.2. The highest BCUT2D eigenvalue weighted by atomic mass is 32.2. The molecule has 1 fully saturated rings. The SMILES string of the molecule is Cc1cc(Nc2nc(Sc3ccc(NC(=O)C4CC4)cc3)nc(N(C)C)c2C)n[nH]1. The van der Waals surface area contributed by atoms with Gasteiger partial charge in [-0.15, -0.1) is 0 Å². The first-order chi connectivity index (χ1) is 14.4. The molecule has 0 unspecified atom stereocenters. The van der Waals surface area contributed by atoms with Gasteiger partial charge in [0.25, 0.3) is 0 Å². The van der Waals surface area contributed by atoms with Crippen LogP contribution in [0.1, 0.15) is 24.1 Å². The van der Waals surface area contributed by atoms with Crippen LogP contribution in [-0.2, 0) is 4.79 Å². The summed E-state index contributed by atoms with van der Waals surface area (Å²) in [7, 11) is 3.92. The molecule has 9 heteroatoms. The van der Waals surface area contributed by atoms with Gasteiger partial charge in [0.2, 0.25) is 5.91 Å². The molecule has 3 aromatic rings. The number of H-pyrrole nitrogens is 1. The van der Waals surface area contributed by atoms with Gasteiger partial charge in [-0.2, -0.15) is 5.10 Å². The summed E-state index contributed by atoms with van der Waals surface area (Å²) < 4.78 is 0. The van der Waals surface area contributed by atoms with E-state index in [4.69, 9.17) is 9.97 Å². The standard InChI is InChI=1S/C21H25N7OS/c1-12-11-17(27-26-12)23-18-13(2)19(28(3)4)25-21(24-18)30-16-9-7-15(8-10-16)22-20(29)14-5-6-14/h7-11,14H,5-6H2,1-4H3,(H,22,29)(H2,23,24,25,26,27). The highest BCUT2D eigenvalue weighted by molar-refractivity contribution is 7.99. The maximum absolute atomic E-state index is 11.9. The number of anilines is 4. The first-order valence-corrected chi connectivity index (χ1v) is 10.6. The quantitative estimate of drug-likeness (QED) is 0.492. The Morgan fingerprint density at radius 2 is 1.90 bits per heavy atom. The van der Waals surface area contributed by atoms with Crippen molar-refractivity contribution in [3.63, 3.8) is 0 Å². The Bertz CT molecular complexity index is 1060. The lowest BCUT2D eigenvalue weighted by Gasteiger charge is -2.18. The minimum absolute atomic E-state index is 0.109. The molecule has 4 rings (SSSR count). The van der Waals surface area contributed by atoms with Crippen LogP contribution in [0.3, 0.4) is 0 Å². The minimum Gasteiger partial charge on any atom is -0.362 e. The van der Waals surface area contributed by atoms with Crippen LogP contribution in [0.5, 0.6) is 0 Å². The predicted octanol–water partition coefficient (Wildman–Crippen LogP) is 4.13. The number of rotatable bonds is 7. The molecule has 0 saturated heterocycles. The van der Waals surface area contributed by atoms with E-state index in [0.717, 1.165) is 46.3 Å². The van der Waals surface area contributed by atoms with Crippen LogP contribution < -0.4 is 15.5 Å². The zero-order valence-corrected chi connectivity index (χ0v) is 18.3. The Kier molecular flexibility index (Phi) is 5.63. The molecule has 156 valence electrons. The molecule has 1 aliphatic carbocycles. The molecule has 1 aliphatic rings. The van der Waals surface area contributed by atoms with Crippen molar-refractivity contribution < 1.29 is 4.79 Å². The molecule has 1 amide bonds. The van der Waals surface area contributed by atoms with Gasteiger partial charge in [-0.25, -0.2) is 9.97 Å². The van der Waals surface area contributed by atoms with Crippen LogP contribution in [0.25, 0.3) is 0 Å². The largest absolute Gasteiger partial charge is 0.362 e. The van der Waals surface area contributed by atoms with Crippen molar-refractivity contribution in [1.82, 2.24) is 20.2 Å². The molecule has 0 atom stereocenters. The van der Waals surface area contributed by atoms with Crippen LogP contribution in [-0.4, -0.2) is 40.2 Å². The molecule has 0 radical (unpaired) electrons. The Morgan fingerprint density at radius 1 is 1.17 bits per heavy atom. The van der Waals surface area contributed by atoms with Crippen LogP contribution in [0.4, 0.5) is 23.1 Å². The van der Waals surface area contributed by atoms with E-state index in [1.165, 1.54) is 11.8 Å². The lowest BCUT2D eigenvalue weighted by atomic mass is 10.3. The Balaban J connectivity index is 1.54. The third kappa shape index (κ3) is 4.73. The number of amides is 1. The minimum atomic E-state index is 0.109. The summed E-state index contributed by atoms with van der Waals surface area (Å²) in [5.74, 6) is 2.57. The molecule has 3 N–H and O–H groups in total. The Labute approximate surface area is 179 Å². The number of carbonyl (C=O) groups excluding carboxylic acids is 1. The summed E-state index contributed by atoms with van der Waals surface area (Å²) in [5, 5.41) is 14.0. The number of nitrogens with zero attached hydrogens (tertiary/aromatic N) is 4. The molecule has 1 saturated carbocycles. The van der Waals surface area contributed by atoms with Gasteiger partial charge in [0.15, 0.2) is 11.0 Å². The maximum atomic E-state index is 11.9. The van der Waals surface area contributed by atoms with E-state index < -0.39 is 0 Å². The summed E-state index contributed by atoms with van der Waals surface area (Å²) in [6.07, 6.45) is 1.99. The van der Waals surface area contributed by atoms with Crippen molar-refractivity contribution in [2.75, 3.05) is 29.6 Å². The van der Waals surface area contributed by atoms with E-state index in [0.29, 0.717) is 11.0 Å². The molecule has 2 heterocycles. The van der Waals surface area contributed by atoms with E-state index in [1.54, 1.807) is 0 Å². The van der Waals surface area contributed by atoms with Crippen molar-refractivity contribution in [1.29, 1.82) is 0 Å². The smallest absolute Gasteiger partial charge is 0.227 e. The third-order valence-corrected chi connectivity index (χ3v) is 5.63. The lowest BCUT2D eigenvalue weighted by molar-refractivity contribution is -0.117. The van der Waals surface area contributed by atoms with Crippen molar-refractivity contribution in [3.8, 4) is 0 Å². The first kappa shape index (κ1) is 20.2. The summed E-state index contributed by atoms with van der Waals surface area (Å²) in [6.45, 7) is 3.94. The molecular formula is C21H25N7OS. The van der Waals surface area contributed by atoms with Crippen LogP contribution in [0, 0.1) is 19.8 Å². The zero-order valence-electron chi connectivity index (χ0n) is 17.5. The number of aryl methyl sites for hydroxylation is 1. The number of aromatic amines is 1. The van der Waals surface area contributed by atoms with Crippen LogP contribution in [0.15, 0.2) is 40.4 Å². The second kappa shape index (κ2) is 8.35. The van der Waals surface area contributed by atoms with Crippen molar-refractivity contribution >= 4 is 40.8 Å². The van der Waals surface area contributed by atoms with Gasteiger partial charge in [-0.3, -0.25) is 9.89 Å². The molecule has 8 nitrogen and oxygen atoms in total. The number of hydrogen-bond donors (Lipinski definition) is 3. The molecule has 30 heavy (non-hydrogen) atoms. The second-order valence-corrected chi connectivity index (χ2v) is 8.69. The van der Waals surface area contributed by atoms with E-state index in [2.05, 4.69) is 20.8 Å². The van der Waals surface area contributed by atoms with Crippen LogP contribution in [0.2, 0.25) is 0 Å². The van der Waals surface area contributed by atoms with E-state index >= 15 is 0 Å². The molecule has 1 aromatic carbocycles. The van der Waals surface area contributed by atoms with Gasteiger partial charge >= 0.3 is 0 Å². The predicted molar refractivity (Wildman–Crippen MR) is 120 cm³/mol. The number of carbonyl (C=O) groups is 1. The van der Waals surface area contributed by atoms with Crippen molar-refractivity contribution in [2.45, 2.75) is 36.7 Å². The monoisotopic (exact) mass is 423 g/mol. The van der Waals surface area contributed by atoms with Gasteiger partial charge < -0.3 is 15.5 Å². The zero-order chi connectivity index (χ0) is 21.3. The fraction of sp³-hybridized carbons (Fsp3) is 0.333. The molecular weight excluding hydrogens is 398 g/mol. The fourth-order valence-electron chi connectivity index (χ4n) is 2.99. The van der Waals surface area contributed by atoms with Gasteiger partial charge in [0.05, 0.1) is 0 Å². The Morgan fingerprint density at radius 3 is 2.50 bits per heavy atom. The average Bonchev–Trinajstić information content (AvgIpc) is 3.48.